The summed E-state index contributed by atoms with van der Waals surface area (Å²) < 4.78 is 0. The molecule has 0 bridgehead atoms. The highest BCUT2D eigenvalue weighted by atomic mass is 32.2. The molecular weight excluding hydrogens is 254 g/mol. The summed E-state index contributed by atoms with van der Waals surface area (Å²) in [6.07, 6.45) is 0. The maximum absolute atomic E-state index is 10.9. The monoisotopic (exact) mass is 271 g/mol. The minimum atomic E-state index is -0.0465. The maximum atomic E-state index is 10.9. The minimum Gasteiger partial charge on any atom is -0.326 e. The van der Waals surface area contributed by atoms with Crippen LogP contribution in [0.5, 0.6) is 0 Å². The highest BCUT2D eigenvalue weighted by Crippen LogP contribution is 2.31. The van der Waals surface area contributed by atoms with Crippen LogP contribution in [0.4, 0.5) is 5.69 Å². The van der Waals surface area contributed by atoms with E-state index in [0.717, 1.165) is 5.69 Å². The van der Waals surface area contributed by atoms with E-state index in [9.17, 15) is 4.79 Å². The van der Waals surface area contributed by atoms with Gasteiger partial charge in [0, 0.05) is 22.4 Å². The van der Waals surface area contributed by atoms with Crippen LogP contribution in [-0.4, -0.2) is 5.91 Å². The maximum Gasteiger partial charge on any atom is 0.221 e. The van der Waals surface area contributed by atoms with E-state index < -0.39 is 0 Å². The summed E-state index contributed by atoms with van der Waals surface area (Å²) in [6, 6.07) is 14.4. The molecule has 2 rings (SSSR count). The normalized spacial score (nSPS) is 10.3. The molecule has 0 saturated heterocycles. The molecule has 2 aromatic rings. The average molecular weight is 271 g/mol. The highest BCUT2D eigenvalue weighted by Gasteiger charge is 2.02. The van der Waals surface area contributed by atoms with Crippen LogP contribution < -0.4 is 5.32 Å². The first-order valence-electron chi connectivity index (χ1n) is 6.17. The number of hydrogen-bond donors (Lipinski definition) is 1. The molecule has 1 amide bonds. The first-order chi connectivity index (χ1) is 9.04. The summed E-state index contributed by atoms with van der Waals surface area (Å²) in [6.45, 7) is 5.74. The smallest absolute Gasteiger partial charge is 0.221 e. The van der Waals surface area contributed by atoms with Crippen LogP contribution >= 0.6 is 11.8 Å². The number of nitrogens with one attached hydrogen (secondary N) is 1. The molecule has 0 radical (unpaired) electrons. The zero-order chi connectivity index (χ0) is 13.8. The van der Waals surface area contributed by atoms with Crippen LogP contribution in [0.1, 0.15) is 18.1 Å². The zero-order valence-electron chi connectivity index (χ0n) is 11.4. The number of benzene rings is 2. The summed E-state index contributed by atoms with van der Waals surface area (Å²) in [4.78, 5) is 13.4. The molecular formula is C16H17NOS. The zero-order valence-corrected chi connectivity index (χ0v) is 12.2. The lowest BCUT2D eigenvalue weighted by Crippen LogP contribution is -2.05. The molecule has 3 heteroatoms. The number of rotatable bonds is 3. The summed E-state index contributed by atoms with van der Waals surface area (Å²) >= 11 is 1.74. The molecule has 1 N–H and O–H groups in total. The fourth-order valence-electron chi connectivity index (χ4n) is 1.85. The average Bonchev–Trinajstić information content (AvgIpc) is 2.34. The number of carbonyl (C=O) groups is 1. The third-order valence-electron chi connectivity index (χ3n) is 2.73. The van der Waals surface area contributed by atoms with Crippen molar-refractivity contribution in [3.8, 4) is 0 Å². The standard InChI is InChI=1S/C16H17NOS/c1-11-4-9-16(12(2)10-11)19-15-7-5-14(6-8-15)17-13(3)18/h4-10H,1-3H3,(H,17,18). The fourth-order valence-corrected chi connectivity index (χ4v) is 2.73. The van der Waals surface area contributed by atoms with E-state index >= 15 is 0 Å². The lowest BCUT2D eigenvalue weighted by molar-refractivity contribution is -0.114. The van der Waals surface area contributed by atoms with Gasteiger partial charge in [-0.15, -0.1) is 0 Å². The van der Waals surface area contributed by atoms with Crippen LogP contribution in [-0.2, 0) is 4.79 Å². The second-order valence-corrected chi connectivity index (χ2v) is 5.69. The van der Waals surface area contributed by atoms with E-state index in [2.05, 4.69) is 37.4 Å². The van der Waals surface area contributed by atoms with Crippen molar-refractivity contribution in [2.75, 3.05) is 5.32 Å². The van der Waals surface area contributed by atoms with Gasteiger partial charge in [0.2, 0.25) is 5.91 Å². The van der Waals surface area contributed by atoms with E-state index in [0.29, 0.717) is 0 Å². The lowest BCUT2D eigenvalue weighted by atomic mass is 10.2. The van der Waals surface area contributed by atoms with Gasteiger partial charge in [0.25, 0.3) is 0 Å². The van der Waals surface area contributed by atoms with E-state index in [-0.39, 0.29) is 5.91 Å². The van der Waals surface area contributed by atoms with E-state index in [1.165, 1.54) is 27.8 Å². The molecule has 0 spiro atoms. The fraction of sp³-hybridized carbons (Fsp3) is 0.188. The number of anilines is 1. The second-order valence-electron chi connectivity index (χ2n) is 4.58. The first-order valence-corrected chi connectivity index (χ1v) is 6.99. The van der Waals surface area contributed by atoms with Gasteiger partial charge in [0.05, 0.1) is 0 Å². The summed E-state index contributed by atoms with van der Waals surface area (Å²) in [5.74, 6) is -0.0465. The van der Waals surface area contributed by atoms with Gasteiger partial charge in [0.15, 0.2) is 0 Å². The van der Waals surface area contributed by atoms with Crippen LogP contribution in [0.2, 0.25) is 0 Å². The van der Waals surface area contributed by atoms with Crippen molar-refractivity contribution < 1.29 is 4.79 Å². The van der Waals surface area contributed by atoms with Crippen molar-refractivity contribution in [1.29, 1.82) is 0 Å². The molecule has 0 fully saturated rings. The van der Waals surface area contributed by atoms with Gasteiger partial charge in [-0.3, -0.25) is 4.79 Å². The van der Waals surface area contributed by atoms with Crippen LogP contribution in [0.25, 0.3) is 0 Å². The van der Waals surface area contributed by atoms with Crippen LogP contribution in [0.3, 0.4) is 0 Å². The van der Waals surface area contributed by atoms with E-state index in [1.807, 2.05) is 24.3 Å². The largest absolute Gasteiger partial charge is 0.326 e. The predicted molar refractivity (Wildman–Crippen MR) is 80.8 cm³/mol. The Labute approximate surface area is 118 Å². The summed E-state index contributed by atoms with van der Waals surface area (Å²) in [5, 5.41) is 2.77. The molecule has 0 saturated carbocycles. The Morgan fingerprint density at radius 1 is 1.05 bits per heavy atom. The van der Waals surface area contributed by atoms with Crippen molar-refractivity contribution in [2.24, 2.45) is 0 Å². The van der Waals surface area contributed by atoms with Gasteiger partial charge in [0.1, 0.15) is 0 Å². The molecule has 98 valence electrons. The van der Waals surface area contributed by atoms with Crippen molar-refractivity contribution in [3.05, 3.63) is 53.6 Å². The van der Waals surface area contributed by atoms with E-state index in [1.54, 1.807) is 11.8 Å². The van der Waals surface area contributed by atoms with Crippen molar-refractivity contribution in [3.63, 3.8) is 0 Å². The number of carbonyl (C=O) groups excluding carboxylic acids is 1. The topological polar surface area (TPSA) is 29.1 Å². The van der Waals surface area contributed by atoms with Gasteiger partial charge in [-0.1, -0.05) is 29.5 Å². The summed E-state index contributed by atoms with van der Waals surface area (Å²) in [5.41, 5.74) is 3.40. The molecule has 0 aromatic heterocycles. The Hall–Kier alpha value is -1.74. The molecule has 0 unspecified atom stereocenters. The number of amides is 1. The Morgan fingerprint density at radius 3 is 2.32 bits per heavy atom. The van der Waals surface area contributed by atoms with Gasteiger partial charge in [-0.2, -0.15) is 0 Å². The Kier molecular flexibility index (Phi) is 4.27. The highest BCUT2D eigenvalue weighted by molar-refractivity contribution is 7.99. The van der Waals surface area contributed by atoms with Crippen LogP contribution in [0.15, 0.2) is 52.3 Å². The van der Waals surface area contributed by atoms with Gasteiger partial charge < -0.3 is 5.32 Å². The minimum absolute atomic E-state index is 0.0465. The quantitative estimate of drug-likeness (QED) is 0.895. The van der Waals surface area contributed by atoms with Crippen LogP contribution in [0, 0.1) is 13.8 Å². The second kappa shape index (κ2) is 5.93. The number of hydrogen-bond acceptors (Lipinski definition) is 2. The van der Waals surface area contributed by atoms with Gasteiger partial charge in [-0.25, -0.2) is 0 Å². The molecule has 2 aromatic carbocycles. The molecule has 19 heavy (non-hydrogen) atoms. The third kappa shape index (κ3) is 3.86. The molecule has 0 atom stereocenters. The summed E-state index contributed by atoms with van der Waals surface area (Å²) in [7, 11) is 0. The SMILES string of the molecule is CC(=O)Nc1ccc(Sc2ccc(C)cc2C)cc1. The van der Waals surface area contributed by atoms with Gasteiger partial charge in [-0.05, 0) is 49.7 Å². The molecule has 0 heterocycles. The molecule has 0 aliphatic heterocycles. The first kappa shape index (κ1) is 13.7. The molecule has 2 nitrogen and oxygen atoms in total. The van der Waals surface area contributed by atoms with E-state index in [4.69, 9.17) is 0 Å². The Morgan fingerprint density at radius 2 is 1.74 bits per heavy atom. The van der Waals surface area contributed by atoms with Crippen molar-refractivity contribution >= 4 is 23.4 Å². The van der Waals surface area contributed by atoms with Crippen molar-refractivity contribution in [1.82, 2.24) is 0 Å². The Balaban J connectivity index is 2.13. The lowest BCUT2D eigenvalue weighted by Gasteiger charge is -2.07. The van der Waals surface area contributed by atoms with Gasteiger partial charge >= 0.3 is 0 Å². The van der Waals surface area contributed by atoms with Crippen molar-refractivity contribution in [2.45, 2.75) is 30.6 Å². The molecule has 0 aliphatic carbocycles. The number of aryl methyl sites for hydroxylation is 2. The Bertz CT molecular complexity index is 590. The third-order valence-corrected chi connectivity index (χ3v) is 3.92. The molecule has 0 aliphatic rings. The predicted octanol–water partition coefficient (Wildman–Crippen LogP) is 4.41.